The van der Waals surface area contributed by atoms with E-state index in [0.29, 0.717) is 5.92 Å². The molecule has 0 fully saturated rings. The first-order valence-electron chi connectivity index (χ1n) is 5.39. The Morgan fingerprint density at radius 2 is 2.13 bits per heavy atom. The maximum absolute atomic E-state index is 11.7. The van der Waals surface area contributed by atoms with Crippen LogP contribution >= 0.6 is 0 Å². The van der Waals surface area contributed by atoms with Crippen molar-refractivity contribution >= 4 is 5.97 Å². The van der Waals surface area contributed by atoms with Gasteiger partial charge in [0.1, 0.15) is 5.75 Å². The molecule has 0 saturated carbocycles. The SMILES string of the molecule is Cc1ccc2c(c1)OC(=O)[C@H](C(C)C)C2. The highest BCUT2D eigenvalue weighted by Gasteiger charge is 2.30. The van der Waals surface area contributed by atoms with Gasteiger partial charge >= 0.3 is 5.97 Å². The second-order valence-electron chi connectivity index (χ2n) is 4.59. The van der Waals surface area contributed by atoms with Crippen molar-refractivity contribution in [2.24, 2.45) is 11.8 Å². The lowest BCUT2D eigenvalue weighted by Gasteiger charge is -2.25. The predicted molar refractivity (Wildman–Crippen MR) is 58.8 cm³/mol. The first-order chi connectivity index (χ1) is 7.08. The molecule has 0 aliphatic carbocycles. The van der Waals surface area contributed by atoms with Crippen LogP contribution in [0.2, 0.25) is 0 Å². The average molecular weight is 204 g/mol. The molecule has 1 aromatic rings. The third-order valence-electron chi connectivity index (χ3n) is 2.98. The van der Waals surface area contributed by atoms with E-state index in [1.165, 1.54) is 0 Å². The van der Waals surface area contributed by atoms with Crippen molar-refractivity contribution in [1.29, 1.82) is 0 Å². The summed E-state index contributed by atoms with van der Waals surface area (Å²) in [5, 5.41) is 0. The minimum absolute atomic E-state index is 0.0141. The summed E-state index contributed by atoms with van der Waals surface area (Å²) in [5.41, 5.74) is 2.28. The van der Waals surface area contributed by atoms with Gasteiger partial charge in [0.05, 0.1) is 5.92 Å². The topological polar surface area (TPSA) is 26.3 Å². The summed E-state index contributed by atoms with van der Waals surface area (Å²) in [6.07, 6.45) is 0.812. The smallest absolute Gasteiger partial charge is 0.314 e. The Hall–Kier alpha value is -1.31. The van der Waals surface area contributed by atoms with E-state index in [-0.39, 0.29) is 11.9 Å². The highest BCUT2D eigenvalue weighted by Crippen LogP contribution is 2.31. The largest absolute Gasteiger partial charge is 0.426 e. The monoisotopic (exact) mass is 204 g/mol. The molecule has 0 radical (unpaired) electrons. The molecule has 0 amide bonds. The van der Waals surface area contributed by atoms with Crippen LogP contribution in [0.3, 0.4) is 0 Å². The van der Waals surface area contributed by atoms with Crippen LogP contribution in [0.25, 0.3) is 0 Å². The lowest BCUT2D eigenvalue weighted by molar-refractivity contribution is -0.141. The lowest BCUT2D eigenvalue weighted by atomic mass is 9.87. The molecule has 0 saturated heterocycles. The second kappa shape index (κ2) is 3.69. The number of carbonyl (C=O) groups excluding carboxylic acids is 1. The van der Waals surface area contributed by atoms with Gasteiger partial charge in [-0.05, 0) is 36.5 Å². The van der Waals surface area contributed by atoms with Crippen LogP contribution in [0.15, 0.2) is 18.2 Å². The van der Waals surface area contributed by atoms with Gasteiger partial charge in [-0.1, -0.05) is 26.0 Å². The molecular formula is C13H16O2. The van der Waals surface area contributed by atoms with Gasteiger partial charge in [-0.15, -0.1) is 0 Å². The molecule has 1 aliphatic heterocycles. The molecule has 15 heavy (non-hydrogen) atoms. The molecule has 0 spiro atoms. The number of carbonyl (C=O) groups is 1. The number of hydrogen-bond acceptors (Lipinski definition) is 2. The van der Waals surface area contributed by atoms with E-state index in [9.17, 15) is 4.79 Å². The van der Waals surface area contributed by atoms with Crippen LogP contribution in [0.4, 0.5) is 0 Å². The fraction of sp³-hybridized carbons (Fsp3) is 0.462. The van der Waals surface area contributed by atoms with Crippen molar-refractivity contribution in [3.63, 3.8) is 0 Å². The summed E-state index contributed by atoms with van der Waals surface area (Å²) in [4.78, 5) is 11.7. The molecule has 0 aromatic heterocycles. The normalized spacial score (nSPS) is 20.0. The summed E-state index contributed by atoms with van der Waals surface area (Å²) < 4.78 is 5.35. The van der Waals surface area contributed by atoms with Crippen LogP contribution in [-0.2, 0) is 11.2 Å². The van der Waals surface area contributed by atoms with E-state index in [1.807, 2.05) is 13.0 Å². The Bertz CT molecular complexity index is 394. The maximum Gasteiger partial charge on any atom is 0.314 e. The quantitative estimate of drug-likeness (QED) is 0.519. The van der Waals surface area contributed by atoms with Crippen LogP contribution in [0.1, 0.15) is 25.0 Å². The van der Waals surface area contributed by atoms with Crippen molar-refractivity contribution in [3.05, 3.63) is 29.3 Å². The Morgan fingerprint density at radius 3 is 2.80 bits per heavy atom. The van der Waals surface area contributed by atoms with Crippen molar-refractivity contribution < 1.29 is 9.53 Å². The number of rotatable bonds is 1. The highest BCUT2D eigenvalue weighted by molar-refractivity contribution is 5.78. The van der Waals surface area contributed by atoms with Crippen molar-refractivity contribution in [3.8, 4) is 5.75 Å². The Morgan fingerprint density at radius 1 is 1.40 bits per heavy atom. The Balaban J connectivity index is 2.34. The van der Waals surface area contributed by atoms with Crippen molar-refractivity contribution in [2.45, 2.75) is 27.2 Å². The molecule has 0 unspecified atom stereocenters. The van der Waals surface area contributed by atoms with Crippen LogP contribution in [-0.4, -0.2) is 5.97 Å². The van der Waals surface area contributed by atoms with E-state index in [0.717, 1.165) is 23.3 Å². The van der Waals surface area contributed by atoms with Crippen LogP contribution in [0, 0.1) is 18.8 Å². The minimum atomic E-state index is -0.0805. The average Bonchev–Trinajstić information content (AvgIpc) is 2.15. The van der Waals surface area contributed by atoms with E-state index >= 15 is 0 Å². The standard InChI is InChI=1S/C13H16O2/c1-8(2)11-7-10-5-4-9(3)6-12(10)15-13(11)14/h4-6,8,11H,7H2,1-3H3/t11-/m0/s1. The first-order valence-corrected chi connectivity index (χ1v) is 5.39. The van der Waals surface area contributed by atoms with Gasteiger partial charge < -0.3 is 4.74 Å². The molecule has 1 atom stereocenters. The molecule has 2 heteroatoms. The molecule has 80 valence electrons. The molecule has 1 heterocycles. The van der Waals surface area contributed by atoms with Gasteiger partial charge in [-0.25, -0.2) is 0 Å². The number of esters is 1. The summed E-state index contributed by atoms with van der Waals surface area (Å²) in [5.74, 6) is 1.02. The lowest BCUT2D eigenvalue weighted by Crippen LogP contribution is -2.31. The molecule has 0 bridgehead atoms. The second-order valence-corrected chi connectivity index (χ2v) is 4.59. The third kappa shape index (κ3) is 1.89. The van der Waals surface area contributed by atoms with E-state index < -0.39 is 0 Å². The van der Waals surface area contributed by atoms with Gasteiger partial charge in [-0.2, -0.15) is 0 Å². The summed E-state index contributed by atoms with van der Waals surface area (Å²) in [6.45, 7) is 6.12. The number of ether oxygens (including phenoxy) is 1. The summed E-state index contributed by atoms with van der Waals surface area (Å²) >= 11 is 0. The van der Waals surface area contributed by atoms with Gasteiger partial charge in [0.15, 0.2) is 0 Å². The fourth-order valence-electron chi connectivity index (χ4n) is 1.94. The summed E-state index contributed by atoms with van der Waals surface area (Å²) in [7, 11) is 0. The summed E-state index contributed by atoms with van der Waals surface area (Å²) in [6, 6.07) is 6.06. The van der Waals surface area contributed by atoms with Crippen LogP contribution < -0.4 is 4.74 Å². The maximum atomic E-state index is 11.7. The zero-order chi connectivity index (χ0) is 11.0. The van der Waals surface area contributed by atoms with Crippen molar-refractivity contribution in [1.82, 2.24) is 0 Å². The van der Waals surface area contributed by atoms with Crippen molar-refractivity contribution in [2.75, 3.05) is 0 Å². The zero-order valence-corrected chi connectivity index (χ0v) is 9.41. The zero-order valence-electron chi connectivity index (χ0n) is 9.41. The minimum Gasteiger partial charge on any atom is -0.426 e. The van der Waals surface area contributed by atoms with Gasteiger partial charge in [0.2, 0.25) is 0 Å². The van der Waals surface area contributed by atoms with Gasteiger partial charge in [0, 0.05) is 0 Å². The molecule has 1 aliphatic rings. The van der Waals surface area contributed by atoms with Crippen LogP contribution in [0.5, 0.6) is 5.75 Å². The third-order valence-corrected chi connectivity index (χ3v) is 2.98. The molecule has 2 rings (SSSR count). The Kier molecular flexibility index (Phi) is 2.51. The van der Waals surface area contributed by atoms with E-state index in [4.69, 9.17) is 4.74 Å². The van der Waals surface area contributed by atoms with E-state index in [2.05, 4.69) is 26.0 Å². The molecule has 1 aromatic carbocycles. The molecule has 0 N–H and O–H groups in total. The number of hydrogen-bond donors (Lipinski definition) is 0. The highest BCUT2D eigenvalue weighted by atomic mass is 16.5. The molecule has 2 nitrogen and oxygen atoms in total. The molecular weight excluding hydrogens is 188 g/mol. The van der Waals surface area contributed by atoms with Gasteiger partial charge in [-0.3, -0.25) is 4.79 Å². The number of aryl methyl sites for hydroxylation is 1. The predicted octanol–water partition coefficient (Wildman–Crippen LogP) is 2.73. The van der Waals surface area contributed by atoms with E-state index in [1.54, 1.807) is 0 Å². The Labute approximate surface area is 90.3 Å². The van der Waals surface area contributed by atoms with Gasteiger partial charge in [0.25, 0.3) is 0 Å². The number of fused-ring (bicyclic) bond motifs is 1. The first kappa shape index (κ1) is 10.2. The fourth-order valence-corrected chi connectivity index (χ4v) is 1.94. The number of benzene rings is 1.